The van der Waals surface area contributed by atoms with Gasteiger partial charge in [-0.1, -0.05) is 30.3 Å². The van der Waals surface area contributed by atoms with Crippen LogP contribution in [-0.2, 0) is 11.3 Å². The second-order valence-electron chi connectivity index (χ2n) is 10.3. The number of nitrogens with one attached hydrogen (secondary N) is 1. The van der Waals surface area contributed by atoms with Crippen molar-refractivity contribution in [2.75, 3.05) is 13.1 Å². The maximum absolute atomic E-state index is 13.6. The lowest BCUT2D eigenvalue weighted by molar-refractivity contribution is -0.131. The molecule has 186 valence electrons. The van der Waals surface area contributed by atoms with Crippen molar-refractivity contribution in [3.8, 4) is 22.5 Å². The van der Waals surface area contributed by atoms with Crippen LogP contribution in [0.3, 0.4) is 0 Å². The molecule has 0 spiro atoms. The van der Waals surface area contributed by atoms with Crippen molar-refractivity contribution < 1.29 is 9.21 Å². The van der Waals surface area contributed by atoms with Gasteiger partial charge in [-0.05, 0) is 59.9 Å². The van der Waals surface area contributed by atoms with Crippen LogP contribution >= 0.6 is 0 Å². The number of aromatic nitrogens is 4. The van der Waals surface area contributed by atoms with Gasteiger partial charge in [0.15, 0.2) is 11.4 Å². The Morgan fingerprint density at radius 1 is 1.03 bits per heavy atom. The number of hydrogen-bond acceptors (Lipinski definition) is 5. The molecule has 1 aliphatic carbocycles. The molecule has 0 radical (unpaired) electrons. The lowest BCUT2D eigenvalue weighted by atomic mass is 10.0. The number of hydrogen-bond donors (Lipinski definition) is 1. The minimum absolute atomic E-state index is 0.193. The third-order valence-corrected chi connectivity index (χ3v) is 7.62. The third kappa shape index (κ3) is 3.93. The number of H-pyrrole nitrogens is 1. The smallest absolute Gasteiger partial charge is 0.283 e. The molecule has 1 amide bonds. The number of carbonyl (C=O) groups is 1. The first-order chi connectivity index (χ1) is 18.0. The maximum Gasteiger partial charge on any atom is 0.283 e. The van der Waals surface area contributed by atoms with Crippen molar-refractivity contribution in [2.24, 2.45) is 11.8 Å². The van der Waals surface area contributed by atoms with Gasteiger partial charge in [-0.2, -0.15) is 4.98 Å². The van der Waals surface area contributed by atoms with E-state index in [0.29, 0.717) is 24.8 Å². The number of amides is 1. The number of oxazole rings is 1. The molecular formula is C29H27N5O3. The standard InChI is InChI=1S/C29H27N5O3/c1-17-31-25-27(37-17)32-26(34(29(25)36)16-18-11-13-33(15-18)28(35)21-6-7-21)20-4-2-19(3-5-20)22-8-9-24-23(14-22)10-12-30-24/h2-5,8-10,12,14,18,21,30H,6-7,11,13,15-16H2,1H3/t18-/m1/s1. The van der Waals surface area contributed by atoms with E-state index in [9.17, 15) is 9.59 Å². The fraction of sp³-hybridized carbons (Fsp3) is 0.310. The van der Waals surface area contributed by atoms with Gasteiger partial charge in [0.2, 0.25) is 5.91 Å². The predicted molar refractivity (Wildman–Crippen MR) is 141 cm³/mol. The largest absolute Gasteiger partial charge is 0.422 e. The predicted octanol–water partition coefficient (Wildman–Crippen LogP) is 4.77. The third-order valence-electron chi connectivity index (χ3n) is 7.62. The van der Waals surface area contributed by atoms with Crippen molar-refractivity contribution in [2.45, 2.75) is 32.7 Å². The van der Waals surface area contributed by atoms with E-state index in [2.05, 4.69) is 46.4 Å². The number of carbonyl (C=O) groups excluding carboxylic acids is 1. The van der Waals surface area contributed by atoms with Crippen LogP contribution in [0.2, 0.25) is 0 Å². The van der Waals surface area contributed by atoms with Gasteiger partial charge < -0.3 is 14.3 Å². The molecule has 1 saturated carbocycles. The molecular weight excluding hydrogens is 466 g/mol. The SMILES string of the molecule is Cc1nc2c(=O)n(C[C@@H]3CCN(C(=O)C4CC4)C3)c(-c3ccc(-c4ccc5[nH]ccc5c4)cc3)nc2o1. The van der Waals surface area contributed by atoms with Gasteiger partial charge >= 0.3 is 0 Å². The zero-order valence-corrected chi connectivity index (χ0v) is 20.6. The highest BCUT2D eigenvalue weighted by Gasteiger charge is 2.37. The molecule has 1 aliphatic heterocycles. The van der Waals surface area contributed by atoms with Gasteiger partial charge in [-0.25, -0.2) is 4.98 Å². The highest BCUT2D eigenvalue weighted by atomic mass is 16.4. The number of likely N-dealkylation sites (tertiary alicyclic amines) is 1. The number of rotatable bonds is 5. The van der Waals surface area contributed by atoms with Crippen LogP contribution in [0.15, 0.2) is 63.9 Å². The lowest BCUT2D eigenvalue weighted by Gasteiger charge is -2.18. The normalized spacial score (nSPS) is 17.8. The Hall–Kier alpha value is -4.20. The minimum atomic E-state index is -0.203. The molecule has 8 nitrogen and oxygen atoms in total. The summed E-state index contributed by atoms with van der Waals surface area (Å²) in [5.41, 5.74) is 4.45. The fourth-order valence-corrected chi connectivity index (χ4v) is 5.47. The summed E-state index contributed by atoms with van der Waals surface area (Å²) in [6.45, 7) is 3.64. The molecule has 1 atom stereocenters. The van der Waals surface area contributed by atoms with Crippen molar-refractivity contribution in [1.29, 1.82) is 0 Å². The van der Waals surface area contributed by atoms with Gasteiger partial charge in [-0.15, -0.1) is 0 Å². The molecule has 37 heavy (non-hydrogen) atoms. The summed E-state index contributed by atoms with van der Waals surface area (Å²) in [4.78, 5) is 40.4. The number of fused-ring (bicyclic) bond motifs is 2. The second kappa shape index (κ2) is 8.44. The van der Waals surface area contributed by atoms with E-state index < -0.39 is 0 Å². The van der Waals surface area contributed by atoms with Gasteiger partial charge in [0.1, 0.15) is 5.82 Å². The van der Waals surface area contributed by atoms with Crippen LogP contribution in [-0.4, -0.2) is 43.4 Å². The second-order valence-corrected chi connectivity index (χ2v) is 10.3. The van der Waals surface area contributed by atoms with Gasteiger partial charge in [0.25, 0.3) is 11.3 Å². The van der Waals surface area contributed by atoms with Crippen LogP contribution in [0, 0.1) is 18.8 Å². The summed E-state index contributed by atoms with van der Waals surface area (Å²) < 4.78 is 7.38. The number of nitrogens with zero attached hydrogens (tertiary/aromatic N) is 4. The lowest BCUT2D eigenvalue weighted by Crippen LogP contribution is -2.32. The molecule has 1 saturated heterocycles. The van der Waals surface area contributed by atoms with Crippen LogP contribution < -0.4 is 5.56 Å². The Labute approximate surface area is 213 Å². The molecule has 4 heterocycles. The maximum atomic E-state index is 13.6. The van der Waals surface area contributed by atoms with E-state index in [4.69, 9.17) is 9.40 Å². The molecule has 2 aliphatic rings. The summed E-state index contributed by atoms with van der Waals surface area (Å²) >= 11 is 0. The molecule has 8 heteroatoms. The Morgan fingerprint density at radius 3 is 2.62 bits per heavy atom. The summed E-state index contributed by atoms with van der Waals surface area (Å²) in [6, 6.07) is 16.5. The zero-order valence-electron chi connectivity index (χ0n) is 20.6. The van der Waals surface area contributed by atoms with Crippen molar-refractivity contribution in [1.82, 2.24) is 24.4 Å². The van der Waals surface area contributed by atoms with E-state index >= 15 is 0 Å². The van der Waals surface area contributed by atoms with Crippen LogP contribution in [0.1, 0.15) is 25.2 Å². The first-order valence-corrected chi connectivity index (χ1v) is 12.9. The topological polar surface area (TPSA) is 97.0 Å². The molecule has 2 aromatic carbocycles. The monoisotopic (exact) mass is 493 g/mol. The number of benzene rings is 2. The van der Waals surface area contributed by atoms with Crippen LogP contribution in [0.25, 0.3) is 44.6 Å². The van der Waals surface area contributed by atoms with Gasteiger partial charge in [0, 0.05) is 49.8 Å². The molecule has 5 aromatic rings. The van der Waals surface area contributed by atoms with E-state index in [0.717, 1.165) is 53.4 Å². The minimum Gasteiger partial charge on any atom is -0.422 e. The molecule has 7 rings (SSSR count). The van der Waals surface area contributed by atoms with E-state index in [1.165, 1.54) is 0 Å². The molecule has 1 N–H and O–H groups in total. The molecule has 3 aromatic heterocycles. The highest BCUT2D eigenvalue weighted by molar-refractivity contribution is 5.85. The van der Waals surface area contributed by atoms with E-state index in [1.54, 1.807) is 11.5 Å². The number of aryl methyl sites for hydroxylation is 1. The van der Waals surface area contributed by atoms with Crippen molar-refractivity contribution >= 4 is 28.0 Å². The first kappa shape index (κ1) is 22.0. The van der Waals surface area contributed by atoms with E-state index in [-0.39, 0.29) is 34.5 Å². The Morgan fingerprint density at radius 2 is 1.81 bits per heavy atom. The van der Waals surface area contributed by atoms with Crippen LogP contribution in [0.5, 0.6) is 0 Å². The Balaban J connectivity index is 1.24. The average molecular weight is 494 g/mol. The average Bonchev–Trinajstić information content (AvgIpc) is 3.29. The van der Waals surface area contributed by atoms with Gasteiger partial charge in [-0.3, -0.25) is 14.2 Å². The van der Waals surface area contributed by atoms with Crippen molar-refractivity contribution in [3.63, 3.8) is 0 Å². The first-order valence-electron chi connectivity index (χ1n) is 12.9. The fourth-order valence-electron chi connectivity index (χ4n) is 5.47. The summed E-state index contributed by atoms with van der Waals surface area (Å²) in [6.07, 6.45) is 4.82. The molecule has 0 bridgehead atoms. The molecule has 0 unspecified atom stereocenters. The summed E-state index contributed by atoms with van der Waals surface area (Å²) in [5.74, 6) is 1.65. The quantitative estimate of drug-likeness (QED) is 0.381. The van der Waals surface area contributed by atoms with Crippen LogP contribution in [0.4, 0.5) is 0 Å². The molecule has 2 fully saturated rings. The zero-order chi connectivity index (χ0) is 25.1. The van der Waals surface area contributed by atoms with Crippen molar-refractivity contribution in [3.05, 3.63) is 71.0 Å². The summed E-state index contributed by atoms with van der Waals surface area (Å²) in [7, 11) is 0. The van der Waals surface area contributed by atoms with E-state index in [1.807, 2.05) is 23.2 Å². The Bertz CT molecular complexity index is 1710. The highest BCUT2D eigenvalue weighted by Crippen LogP contribution is 2.33. The number of aromatic amines is 1. The van der Waals surface area contributed by atoms with Gasteiger partial charge in [0.05, 0.1) is 0 Å². The Kier molecular flexibility index (Phi) is 5.02. The summed E-state index contributed by atoms with van der Waals surface area (Å²) in [5, 5.41) is 1.16.